The first-order valence-corrected chi connectivity index (χ1v) is 16.3. The Balaban J connectivity index is 1.25. The van der Waals surface area contributed by atoms with E-state index in [2.05, 4.69) is 60.1 Å². The van der Waals surface area contributed by atoms with Gasteiger partial charge in [0.2, 0.25) is 0 Å². The Morgan fingerprint density at radius 1 is 0.917 bits per heavy atom. The van der Waals surface area contributed by atoms with Crippen LogP contribution in [0.5, 0.6) is 11.5 Å². The number of β-amino-alcohol motifs (C(OH)–C–C–N with tert-alkyl or cyclic N) is 1. The van der Waals surface area contributed by atoms with E-state index >= 15 is 0 Å². The molecule has 0 radical (unpaired) electrons. The largest absolute Gasteiger partial charge is 0.488 e. The number of rotatable bonds is 11. The summed E-state index contributed by atoms with van der Waals surface area (Å²) in [5.41, 5.74) is 10.5. The Hall–Kier alpha value is -5.00. The molecular weight excluding hydrogens is 622 g/mol. The van der Waals surface area contributed by atoms with Crippen molar-refractivity contribution in [3.8, 4) is 39.8 Å². The van der Waals surface area contributed by atoms with Crippen molar-refractivity contribution in [2.24, 2.45) is 0 Å². The average molecular weight is 658 g/mol. The van der Waals surface area contributed by atoms with Gasteiger partial charge in [0.1, 0.15) is 37.1 Å². The predicted molar refractivity (Wildman–Crippen MR) is 187 cm³/mol. The number of halogens is 1. The van der Waals surface area contributed by atoms with Crippen LogP contribution in [0.2, 0.25) is 5.02 Å². The topological polar surface area (TPSA) is 95.7 Å². The molecule has 0 saturated carbocycles. The lowest BCUT2D eigenvalue weighted by atomic mass is 9.89. The second-order valence-electron chi connectivity index (χ2n) is 12.1. The zero-order chi connectivity index (χ0) is 33.6. The smallest absolute Gasteiger partial charge is 0.150 e. The predicted octanol–water partition coefficient (Wildman–Crippen LogP) is 8.09. The Kier molecular flexibility index (Phi) is 10.2. The number of carbonyl (C=O) groups excluding carboxylic acids is 1. The van der Waals surface area contributed by atoms with Crippen LogP contribution < -0.4 is 9.47 Å². The van der Waals surface area contributed by atoms with Gasteiger partial charge >= 0.3 is 0 Å². The Morgan fingerprint density at radius 3 is 2.38 bits per heavy atom. The van der Waals surface area contributed by atoms with E-state index in [9.17, 15) is 15.2 Å². The zero-order valence-electron chi connectivity index (χ0n) is 26.9. The number of likely N-dealkylation sites (tertiary alicyclic amines) is 1. The molecule has 1 saturated heterocycles. The molecule has 0 spiro atoms. The summed E-state index contributed by atoms with van der Waals surface area (Å²) in [6, 6.07) is 27.7. The molecule has 6 rings (SSSR count). The lowest BCUT2D eigenvalue weighted by Crippen LogP contribution is -2.22. The minimum atomic E-state index is -0.340. The van der Waals surface area contributed by atoms with Crippen molar-refractivity contribution in [3.05, 3.63) is 135 Å². The number of ether oxygens (including phenoxy) is 2. The van der Waals surface area contributed by atoms with Crippen LogP contribution in [0.1, 0.15) is 50.2 Å². The number of nitrogens with zero attached hydrogens (tertiary/aromatic N) is 3. The van der Waals surface area contributed by atoms with Gasteiger partial charge < -0.3 is 14.6 Å². The highest BCUT2D eigenvalue weighted by molar-refractivity contribution is 6.32. The highest BCUT2D eigenvalue weighted by Crippen LogP contribution is 2.37. The molecule has 1 aliphatic heterocycles. The molecule has 1 unspecified atom stereocenters. The van der Waals surface area contributed by atoms with Gasteiger partial charge in [-0.3, -0.25) is 14.7 Å². The number of aliphatic hydroxyl groups is 1. The molecule has 2 heterocycles. The quantitative estimate of drug-likeness (QED) is 0.143. The number of aliphatic hydroxyl groups excluding tert-OH is 1. The molecule has 48 heavy (non-hydrogen) atoms. The summed E-state index contributed by atoms with van der Waals surface area (Å²) >= 11 is 6.81. The van der Waals surface area contributed by atoms with Gasteiger partial charge in [-0.2, -0.15) is 5.26 Å². The summed E-state index contributed by atoms with van der Waals surface area (Å²) < 4.78 is 12.6. The van der Waals surface area contributed by atoms with Crippen LogP contribution in [0, 0.1) is 25.2 Å². The van der Waals surface area contributed by atoms with Gasteiger partial charge in [0.15, 0.2) is 0 Å². The van der Waals surface area contributed by atoms with Crippen molar-refractivity contribution in [2.45, 2.75) is 46.1 Å². The maximum atomic E-state index is 11.2. The van der Waals surface area contributed by atoms with Gasteiger partial charge in [-0.25, -0.2) is 0 Å². The van der Waals surface area contributed by atoms with Crippen molar-refractivity contribution in [1.29, 1.82) is 5.26 Å². The van der Waals surface area contributed by atoms with E-state index in [4.69, 9.17) is 21.1 Å². The van der Waals surface area contributed by atoms with Crippen molar-refractivity contribution in [3.63, 3.8) is 0 Å². The molecule has 0 amide bonds. The minimum Gasteiger partial charge on any atom is -0.488 e. The molecule has 1 aromatic heterocycles. The van der Waals surface area contributed by atoms with Crippen LogP contribution in [0.4, 0.5) is 0 Å². The maximum absolute atomic E-state index is 11.2. The SMILES string of the molecule is Cc1c(COc2cc(OCc3cncc(C#N)c3)c(CN3CCC(O)C3)cc2Cl)cccc1-c1cccc(-c2ccc(C=O)cc2)c1C. The van der Waals surface area contributed by atoms with Gasteiger partial charge in [-0.15, -0.1) is 0 Å². The van der Waals surface area contributed by atoms with Crippen molar-refractivity contribution < 1.29 is 19.4 Å². The molecule has 0 aliphatic carbocycles. The summed E-state index contributed by atoms with van der Waals surface area (Å²) in [5.74, 6) is 1.12. The molecule has 242 valence electrons. The van der Waals surface area contributed by atoms with Gasteiger partial charge in [0, 0.05) is 54.8 Å². The average Bonchev–Trinajstić information content (AvgIpc) is 3.52. The molecule has 5 aromatic rings. The van der Waals surface area contributed by atoms with E-state index in [1.165, 1.54) is 6.20 Å². The number of pyridine rings is 1. The number of hydrogen-bond acceptors (Lipinski definition) is 7. The number of aromatic nitrogens is 1. The Bertz CT molecular complexity index is 1990. The number of aldehydes is 1. The first-order valence-electron chi connectivity index (χ1n) is 15.9. The fourth-order valence-corrected chi connectivity index (χ4v) is 6.44. The van der Waals surface area contributed by atoms with E-state index in [0.717, 1.165) is 69.3 Å². The maximum Gasteiger partial charge on any atom is 0.150 e. The number of nitriles is 1. The second-order valence-corrected chi connectivity index (χ2v) is 12.6. The zero-order valence-corrected chi connectivity index (χ0v) is 27.7. The van der Waals surface area contributed by atoms with Gasteiger partial charge in [0.05, 0.1) is 16.7 Å². The fourth-order valence-electron chi connectivity index (χ4n) is 6.20. The Labute approximate surface area is 286 Å². The van der Waals surface area contributed by atoms with Crippen LogP contribution in [-0.2, 0) is 19.8 Å². The molecule has 1 aliphatic rings. The van der Waals surface area contributed by atoms with Crippen molar-refractivity contribution in [1.82, 2.24) is 9.88 Å². The molecule has 8 heteroatoms. The fraction of sp³-hybridized carbons (Fsp3) is 0.225. The van der Waals surface area contributed by atoms with Crippen LogP contribution in [0.25, 0.3) is 22.3 Å². The number of benzene rings is 4. The van der Waals surface area contributed by atoms with E-state index in [1.54, 1.807) is 12.3 Å². The number of carbonyl (C=O) groups is 1. The van der Waals surface area contributed by atoms with Gasteiger partial charge in [-0.1, -0.05) is 72.3 Å². The molecule has 1 N–H and O–H groups in total. The third-order valence-corrected chi connectivity index (χ3v) is 9.18. The standard InChI is InChI=1S/C40H36ClN3O4/c1-26-32(5-3-7-36(26)37-8-4-6-35(27(37)2)31-11-9-28(23-45)10-12-31)25-48-40-17-39(47-24-30-15-29(18-42)19-43-20-30)33(16-38(40)41)21-44-14-13-34(46)22-44/h3-12,15-17,19-20,23,34,46H,13-14,21-22,24-25H2,1-2H3. The second kappa shape index (κ2) is 14.8. The highest BCUT2D eigenvalue weighted by atomic mass is 35.5. The summed E-state index contributed by atoms with van der Waals surface area (Å²) in [7, 11) is 0. The van der Waals surface area contributed by atoms with Crippen molar-refractivity contribution in [2.75, 3.05) is 13.1 Å². The summed E-state index contributed by atoms with van der Waals surface area (Å²) in [6.45, 7) is 6.70. The molecule has 7 nitrogen and oxygen atoms in total. The van der Waals surface area contributed by atoms with E-state index in [1.807, 2.05) is 42.5 Å². The van der Waals surface area contributed by atoms with Crippen LogP contribution >= 0.6 is 11.6 Å². The third-order valence-electron chi connectivity index (χ3n) is 8.89. The monoisotopic (exact) mass is 657 g/mol. The van der Waals surface area contributed by atoms with Gasteiger partial charge in [-0.05, 0) is 71.3 Å². The third kappa shape index (κ3) is 7.42. The number of hydrogen-bond donors (Lipinski definition) is 1. The van der Waals surface area contributed by atoms with E-state index in [0.29, 0.717) is 47.3 Å². The molecule has 1 atom stereocenters. The lowest BCUT2D eigenvalue weighted by Gasteiger charge is -2.20. The van der Waals surface area contributed by atoms with Crippen LogP contribution in [-0.4, -0.2) is 40.5 Å². The molecular formula is C40H36ClN3O4. The summed E-state index contributed by atoms with van der Waals surface area (Å²) in [6.07, 6.45) is 4.45. The normalized spacial score (nSPS) is 14.4. The first-order chi connectivity index (χ1) is 23.3. The molecule has 1 fully saturated rings. The van der Waals surface area contributed by atoms with Crippen LogP contribution in [0.15, 0.2) is 91.3 Å². The van der Waals surface area contributed by atoms with Gasteiger partial charge in [0.25, 0.3) is 0 Å². The minimum absolute atomic E-state index is 0.222. The lowest BCUT2D eigenvalue weighted by molar-refractivity contribution is 0.112. The summed E-state index contributed by atoms with van der Waals surface area (Å²) in [5, 5.41) is 19.8. The summed E-state index contributed by atoms with van der Waals surface area (Å²) in [4.78, 5) is 17.5. The van der Waals surface area contributed by atoms with Crippen molar-refractivity contribution >= 4 is 17.9 Å². The van der Waals surface area contributed by atoms with Crippen LogP contribution in [0.3, 0.4) is 0 Å². The Morgan fingerprint density at radius 2 is 1.65 bits per heavy atom. The van der Waals surface area contributed by atoms with E-state index < -0.39 is 0 Å². The highest BCUT2D eigenvalue weighted by Gasteiger charge is 2.23. The first kappa shape index (κ1) is 32.9. The molecule has 4 aromatic carbocycles. The van der Waals surface area contributed by atoms with E-state index in [-0.39, 0.29) is 12.7 Å². The molecule has 0 bridgehead atoms.